The van der Waals surface area contributed by atoms with E-state index in [2.05, 4.69) is 40.4 Å². The predicted octanol–water partition coefficient (Wildman–Crippen LogP) is 3.03. The van der Waals surface area contributed by atoms with Crippen molar-refractivity contribution in [1.29, 1.82) is 0 Å². The Bertz CT molecular complexity index is 512. The van der Waals surface area contributed by atoms with Crippen LogP contribution in [0.2, 0.25) is 0 Å². The summed E-state index contributed by atoms with van der Waals surface area (Å²) < 4.78 is 5.85. The third-order valence-electron chi connectivity index (χ3n) is 3.15. The summed E-state index contributed by atoms with van der Waals surface area (Å²) in [7, 11) is 0. The molecule has 1 unspecified atom stereocenters. The average Bonchev–Trinajstić information content (AvgIpc) is 2.93. The van der Waals surface area contributed by atoms with Gasteiger partial charge in [-0.05, 0) is 36.1 Å². The number of aromatic nitrogens is 1. The van der Waals surface area contributed by atoms with E-state index in [4.69, 9.17) is 4.74 Å². The number of rotatable bonds is 2. The molecule has 0 spiro atoms. The van der Waals surface area contributed by atoms with Gasteiger partial charge in [-0.3, -0.25) is 0 Å². The van der Waals surface area contributed by atoms with Crippen LogP contribution in [0.5, 0.6) is 0 Å². The van der Waals surface area contributed by atoms with Crippen LogP contribution in [0.15, 0.2) is 35.8 Å². The molecule has 0 aromatic carbocycles. The lowest BCUT2D eigenvalue weighted by atomic mass is 10.2. The molecule has 0 saturated carbocycles. The molecule has 3 rings (SSSR count). The maximum atomic E-state index is 5.85. The van der Waals surface area contributed by atoms with Gasteiger partial charge in [0.2, 0.25) is 0 Å². The first-order valence-electron chi connectivity index (χ1n) is 6.15. The van der Waals surface area contributed by atoms with Gasteiger partial charge in [-0.25, -0.2) is 4.98 Å². The summed E-state index contributed by atoms with van der Waals surface area (Å²) in [6.45, 7) is 4.66. The molecular formula is C14H16N2OS. The molecule has 94 valence electrons. The molecule has 1 aliphatic rings. The Balaban J connectivity index is 1.78. The van der Waals surface area contributed by atoms with E-state index in [1.807, 2.05) is 12.3 Å². The van der Waals surface area contributed by atoms with Gasteiger partial charge < -0.3 is 9.64 Å². The minimum absolute atomic E-state index is 0.182. The molecule has 3 nitrogen and oxygen atoms in total. The minimum atomic E-state index is 0.182. The summed E-state index contributed by atoms with van der Waals surface area (Å²) in [5, 5.41) is 2.10. The summed E-state index contributed by atoms with van der Waals surface area (Å²) in [5.74, 6) is 1.06. The molecule has 1 fully saturated rings. The van der Waals surface area contributed by atoms with E-state index in [1.54, 1.807) is 11.3 Å². The third-order valence-corrected chi connectivity index (χ3v) is 4.12. The molecule has 0 radical (unpaired) electrons. The lowest BCUT2D eigenvalue weighted by molar-refractivity contribution is 0.0418. The highest BCUT2D eigenvalue weighted by Gasteiger charge is 2.23. The summed E-state index contributed by atoms with van der Waals surface area (Å²) >= 11 is 1.76. The van der Waals surface area contributed by atoms with Gasteiger partial charge in [-0.2, -0.15) is 0 Å². The van der Waals surface area contributed by atoms with E-state index in [0.717, 1.165) is 25.5 Å². The third kappa shape index (κ3) is 2.40. The molecule has 2 aromatic rings. The van der Waals surface area contributed by atoms with Gasteiger partial charge in [0.05, 0.1) is 13.2 Å². The standard InChI is InChI=1S/C14H16N2OS/c1-11-4-5-15-14(9-11)16-6-7-17-12(10-16)13-3-2-8-18-13/h2-5,8-9,12H,6-7,10H2,1H3. The second kappa shape index (κ2) is 5.08. The van der Waals surface area contributed by atoms with Gasteiger partial charge in [-0.1, -0.05) is 6.07 Å². The Morgan fingerprint density at radius 2 is 2.39 bits per heavy atom. The van der Waals surface area contributed by atoms with Crippen LogP contribution in [0.1, 0.15) is 16.5 Å². The number of ether oxygens (including phenoxy) is 1. The first-order valence-corrected chi connectivity index (χ1v) is 7.03. The number of nitrogens with zero attached hydrogens (tertiary/aromatic N) is 2. The number of anilines is 1. The number of hydrogen-bond donors (Lipinski definition) is 0. The number of pyridine rings is 1. The SMILES string of the molecule is Cc1ccnc(N2CCOC(c3cccs3)C2)c1. The van der Waals surface area contributed by atoms with E-state index in [0.29, 0.717) is 0 Å². The smallest absolute Gasteiger partial charge is 0.128 e. The van der Waals surface area contributed by atoms with Crippen molar-refractivity contribution in [2.75, 3.05) is 24.6 Å². The number of morpholine rings is 1. The maximum Gasteiger partial charge on any atom is 0.128 e. The van der Waals surface area contributed by atoms with Crippen molar-refractivity contribution in [3.8, 4) is 0 Å². The van der Waals surface area contributed by atoms with Crippen molar-refractivity contribution in [3.63, 3.8) is 0 Å². The maximum absolute atomic E-state index is 5.85. The lowest BCUT2D eigenvalue weighted by Gasteiger charge is -2.33. The molecule has 1 saturated heterocycles. The van der Waals surface area contributed by atoms with Gasteiger partial charge in [0.25, 0.3) is 0 Å². The fourth-order valence-corrected chi connectivity index (χ4v) is 2.96. The van der Waals surface area contributed by atoms with E-state index in [-0.39, 0.29) is 6.10 Å². The van der Waals surface area contributed by atoms with Gasteiger partial charge in [-0.15, -0.1) is 11.3 Å². The van der Waals surface area contributed by atoms with E-state index in [9.17, 15) is 0 Å². The molecule has 3 heterocycles. The largest absolute Gasteiger partial charge is 0.369 e. The molecule has 2 aromatic heterocycles. The summed E-state index contributed by atoms with van der Waals surface area (Å²) in [6.07, 6.45) is 2.06. The Morgan fingerprint density at radius 3 is 3.17 bits per heavy atom. The van der Waals surface area contributed by atoms with E-state index < -0.39 is 0 Å². The van der Waals surface area contributed by atoms with Crippen molar-refractivity contribution in [1.82, 2.24) is 4.98 Å². The monoisotopic (exact) mass is 260 g/mol. The van der Waals surface area contributed by atoms with Crippen LogP contribution in [0.4, 0.5) is 5.82 Å². The van der Waals surface area contributed by atoms with Crippen LogP contribution in [0.3, 0.4) is 0 Å². The fourth-order valence-electron chi connectivity index (χ4n) is 2.20. The number of aryl methyl sites for hydroxylation is 1. The minimum Gasteiger partial charge on any atom is -0.369 e. The number of thiophene rings is 1. The van der Waals surface area contributed by atoms with Crippen molar-refractivity contribution < 1.29 is 4.74 Å². The van der Waals surface area contributed by atoms with E-state index >= 15 is 0 Å². The zero-order valence-corrected chi connectivity index (χ0v) is 11.2. The molecule has 0 N–H and O–H groups in total. The molecule has 0 bridgehead atoms. The Morgan fingerprint density at radius 1 is 1.44 bits per heavy atom. The summed E-state index contributed by atoms with van der Waals surface area (Å²) in [5.41, 5.74) is 1.25. The van der Waals surface area contributed by atoms with Crippen LogP contribution in [-0.2, 0) is 4.74 Å². The Hall–Kier alpha value is -1.39. The molecule has 18 heavy (non-hydrogen) atoms. The van der Waals surface area contributed by atoms with Crippen LogP contribution in [0, 0.1) is 6.92 Å². The van der Waals surface area contributed by atoms with Gasteiger partial charge in [0, 0.05) is 17.6 Å². The first kappa shape index (κ1) is 11.7. The summed E-state index contributed by atoms with van der Waals surface area (Å²) in [6, 6.07) is 8.38. The predicted molar refractivity (Wildman–Crippen MR) is 74.2 cm³/mol. The molecule has 1 atom stereocenters. The van der Waals surface area contributed by atoms with Crippen LogP contribution in [-0.4, -0.2) is 24.7 Å². The fraction of sp³-hybridized carbons (Fsp3) is 0.357. The van der Waals surface area contributed by atoms with Crippen molar-refractivity contribution in [2.45, 2.75) is 13.0 Å². The van der Waals surface area contributed by atoms with Gasteiger partial charge in [0.1, 0.15) is 11.9 Å². The highest BCUT2D eigenvalue weighted by Crippen LogP contribution is 2.28. The molecule has 1 aliphatic heterocycles. The zero-order chi connectivity index (χ0) is 12.4. The highest BCUT2D eigenvalue weighted by molar-refractivity contribution is 7.10. The average molecular weight is 260 g/mol. The molecule has 0 aliphatic carbocycles. The Labute approximate surface area is 111 Å². The zero-order valence-electron chi connectivity index (χ0n) is 10.4. The topological polar surface area (TPSA) is 25.4 Å². The molecular weight excluding hydrogens is 244 g/mol. The quantitative estimate of drug-likeness (QED) is 0.830. The molecule has 4 heteroatoms. The second-order valence-corrected chi connectivity index (χ2v) is 5.49. The normalized spacial score (nSPS) is 20.1. The first-order chi connectivity index (χ1) is 8.83. The van der Waals surface area contributed by atoms with Crippen molar-refractivity contribution >= 4 is 17.2 Å². The second-order valence-electron chi connectivity index (χ2n) is 4.51. The van der Waals surface area contributed by atoms with Gasteiger partial charge in [0.15, 0.2) is 0 Å². The van der Waals surface area contributed by atoms with Crippen LogP contribution < -0.4 is 4.90 Å². The summed E-state index contributed by atoms with van der Waals surface area (Å²) in [4.78, 5) is 8.06. The highest BCUT2D eigenvalue weighted by atomic mass is 32.1. The van der Waals surface area contributed by atoms with E-state index in [1.165, 1.54) is 10.4 Å². The number of hydrogen-bond acceptors (Lipinski definition) is 4. The van der Waals surface area contributed by atoms with Crippen molar-refractivity contribution in [2.24, 2.45) is 0 Å². The van der Waals surface area contributed by atoms with Crippen LogP contribution in [0.25, 0.3) is 0 Å². The van der Waals surface area contributed by atoms with Crippen LogP contribution >= 0.6 is 11.3 Å². The Kier molecular flexibility index (Phi) is 3.30. The van der Waals surface area contributed by atoms with Gasteiger partial charge >= 0.3 is 0 Å². The lowest BCUT2D eigenvalue weighted by Crippen LogP contribution is -2.38. The van der Waals surface area contributed by atoms with Crippen molar-refractivity contribution in [3.05, 3.63) is 46.3 Å². The molecule has 0 amide bonds.